The average Bonchev–Trinajstić information content (AvgIpc) is 2.75. The number of anilines is 2. The highest BCUT2D eigenvalue weighted by atomic mass is 35.5. The molecule has 0 fully saturated rings. The first-order chi connectivity index (χ1) is 14.8. The molecule has 31 heavy (non-hydrogen) atoms. The zero-order valence-corrected chi connectivity index (χ0v) is 19.4. The minimum atomic E-state index is -3.77. The van der Waals surface area contributed by atoms with E-state index in [-0.39, 0.29) is 16.6 Å². The Morgan fingerprint density at radius 2 is 1.61 bits per heavy atom. The van der Waals surface area contributed by atoms with Crippen LogP contribution in [-0.4, -0.2) is 27.2 Å². The highest BCUT2D eigenvalue weighted by Gasteiger charge is 2.15. The number of ether oxygens (including phenoxy) is 1. The van der Waals surface area contributed by atoms with Crippen LogP contribution >= 0.6 is 35.0 Å². The second-order valence-electron chi connectivity index (χ2n) is 6.27. The third kappa shape index (κ3) is 6.54. The molecule has 0 unspecified atom stereocenters. The number of nitrogens with one attached hydrogen (secondary N) is 2. The van der Waals surface area contributed by atoms with Gasteiger partial charge in [-0.1, -0.05) is 23.2 Å². The Kier molecular flexibility index (Phi) is 7.72. The van der Waals surface area contributed by atoms with Crippen LogP contribution in [0.5, 0.6) is 5.75 Å². The van der Waals surface area contributed by atoms with Crippen LogP contribution in [0.1, 0.15) is 0 Å². The van der Waals surface area contributed by atoms with Gasteiger partial charge in [0.15, 0.2) is 0 Å². The molecule has 3 aromatic carbocycles. The molecule has 2 N–H and O–H groups in total. The van der Waals surface area contributed by atoms with Gasteiger partial charge >= 0.3 is 0 Å². The van der Waals surface area contributed by atoms with Crippen molar-refractivity contribution in [3.63, 3.8) is 0 Å². The number of hydrogen-bond acceptors (Lipinski definition) is 5. The second kappa shape index (κ2) is 10.3. The van der Waals surface area contributed by atoms with Crippen LogP contribution in [0.4, 0.5) is 11.4 Å². The smallest absolute Gasteiger partial charge is 0.261 e. The molecule has 0 atom stereocenters. The summed E-state index contributed by atoms with van der Waals surface area (Å²) in [4.78, 5) is 13.0. The quantitative estimate of drug-likeness (QED) is 0.400. The van der Waals surface area contributed by atoms with E-state index >= 15 is 0 Å². The molecule has 1 amide bonds. The SMILES string of the molecule is COc1ccc(NS(=O)(=O)c2ccc(NC(=O)CSc3cc(Cl)ccc3Cl)cc2)cc1. The molecule has 0 aliphatic rings. The molecule has 0 aromatic heterocycles. The number of amides is 1. The lowest BCUT2D eigenvalue weighted by Crippen LogP contribution is -2.15. The number of sulfonamides is 1. The van der Waals surface area contributed by atoms with Crippen LogP contribution in [0.3, 0.4) is 0 Å². The molecule has 3 aromatic rings. The maximum Gasteiger partial charge on any atom is 0.261 e. The predicted molar refractivity (Wildman–Crippen MR) is 126 cm³/mol. The average molecular weight is 497 g/mol. The highest BCUT2D eigenvalue weighted by Crippen LogP contribution is 2.30. The van der Waals surface area contributed by atoms with Crippen molar-refractivity contribution in [1.29, 1.82) is 0 Å². The van der Waals surface area contributed by atoms with E-state index in [0.717, 1.165) is 0 Å². The predicted octanol–water partition coefficient (Wildman–Crippen LogP) is 5.53. The molecular weight excluding hydrogens is 479 g/mol. The Bertz CT molecular complexity index is 1170. The molecule has 0 saturated carbocycles. The van der Waals surface area contributed by atoms with Gasteiger partial charge in [-0.2, -0.15) is 0 Å². The van der Waals surface area contributed by atoms with Crippen LogP contribution in [0, 0.1) is 0 Å². The van der Waals surface area contributed by atoms with E-state index in [1.807, 2.05) is 0 Å². The van der Waals surface area contributed by atoms with Gasteiger partial charge in [0, 0.05) is 21.3 Å². The summed E-state index contributed by atoms with van der Waals surface area (Å²) in [5.74, 6) is 0.492. The van der Waals surface area contributed by atoms with Crippen LogP contribution in [-0.2, 0) is 14.8 Å². The van der Waals surface area contributed by atoms with Gasteiger partial charge in [0.2, 0.25) is 5.91 Å². The van der Waals surface area contributed by atoms with Gasteiger partial charge in [0.05, 0.1) is 22.8 Å². The summed E-state index contributed by atoms with van der Waals surface area (Å²) < 4.78 is 32.7. The van der Waals surface area contributed by atoms with Crippen LogP contribution in [0.15, 0.2) is 76.5 Å². The number of halogens is 2. The van der Waals surface area contributed by atoms with Gasteiger partial charge in [-0.15, -0.1) is 11.8 Å². The lowest BCUT2D eigenvalue weighted by Gasteiger charge is -2.10. The van der Waals surface area contributed by atoms with Crippen molar-refractivity contribution in [1.82, 2.24) is 0 Å². The van der Waals surface area contributed by atoms with Crippen molar-refractivity contribution < 1.29 is 17.9 Å². The number of carbonyl (C=O) groups excluding carboxylic acids is 1. The maximum atomic E-state index is 12.6. The molecule has 0 aliphatic carbocycles. The first-order valence-corrected chi connectivity index (χ1v) is 12.1. The van der Waals surface area contributed by atoms with Gasteiger partial charge in [-0.25, -0.2) is 8.42 Å². The van der Waals surface area contributed by atoms with Crippen molar-refractivity contribution in [2.75, 3.05) is 22.9 Å². The van der Waals surface area contributed by atoms with Crippen molar-refractivity contribution >= 4 is 62.3 Å². The summed E-state index contributed by atoms with van der Waals surface area (Å²) in [5.41, 5.74) is 0.890. The summed E-state index contributed by atoms with van der Waals surface area (Å²) >= 11 is 13.3. The second-order valence-corrected chi connectivity index (χ2v) is 9.81. The molecular formula is C21H18Cl2N2O4S2. The fourth-order valence-electron chi connectivity index (χ4n) is 2.52. The van der Waals surface area contributed by atoms with Crippen LogP contribution in [0.2, 0.25) is 10.0 Å². The highest BCUT2D eigenvalue weighted by molar-refractivity contribution is 8.00. The van der Waals surface area contributed by atoms with E-state index in [0.29, 0.717) is 32.1 Å². The zero-order valence-electron chi connectivity index (χ0n) is 16.3. The first kappa shape index (κ1) is 23.3. The molecule has 6 nitrogen and oxygen atoms in total. The van der Waals surface area contributed by atoms with Crippen molar-refractivity contribution in [3.05, 3.63) is 76.8 Å². The lowest BCUT2D eigenvalue weighted by molar-refractivity contribution is -0.113. The summed E-state index contributed by atoms with van der Waals surface area (Å²) in [5, 5.41) is 3.77. The first-order valence-electron chi connectivity index (χ1n) is 8.91. The Balaban J connectivity index is 1.59. The van der Waals surface area contributed by atoms with E-state index < -0.39 is 10.0 Å². The Labute approximate surface area is 195 Å². The summed E-state index contributed by atoms with van der Waals surface area (Å²) in [7, 11) is -2.24. The van der Waals surface area contributed by atoms with Crippen molar-refractivity contribution in [2.45, 2.75) is 9.79 Å². The zero-order chi connectivity index (χ0) is 22.4. The minimum absolute atomic E-state index is 0.0707. The summed E-state index contributed by atoms with van der Waals surface area (Å²) in [6, 6.07) is 17.5. The van der Waals surface area contributed by atoms with Crippen LogP contribution < -0.4 is 14.8 Å². The Morgan fingerprint density at radius 1 is 0.968 bits per heavy atom. The van der Waals surface area contributed by atoms with Gasteiger partial charge in [-0.05, 0) is 66.7 Å². The van der Waals surface area contributed by atoms with E-state index in [4.69, 9.17) is 27.9 Å². The summed E-state index contributed by atoms with van der Waals surface area (Å²) in [6.45, 7) is 0. The topological polar surface area (TPSA) is 84.5 Å². The standard InChI is InChI=1S/C21H18Cl2N2O4S2/c1-29-17-7-3-16(4-8-17)25-31(27,28)18-9-5-15(6-10-18)24-21(26)13-30-20-12-14(22)2-11-19(20)23/h2-12,25H,13H2,1H3,(H,24,26). The van der Waals surface area contributed by atoms with E-state index in [1.54, 1.807) is 42.5 Å². The summed E-state index contributed by atoms with van der Waals surface area (Å²) in [6.07, 6.45) is 0. The van der Waals surface area contributed by atoms with Crippen molar-refractivity contribution in [2.24, 2.45) is 0 Å². The third-order valence-corrected chi connectivity index (χ3v) is 7.17. The van der Waals surface area contributed by atoms with Gasteiger partial charge in [0.25, 0.3) is 10.0 Å². The third-order valence-electron chi connectivity index (χ3n) is 4.04. The van der Waals surface area contributed by atoms with Gasteiger partial charge in [0.1, 0.15) is 5.75 Å². The van der Waals surface area contributed by atoms with Gasteiger partial charge in [-0.3, -0.25) is 9.52 Å². The number of rotatable bonds is 8. The molecule has 162 valence electrons. The van der Waals surface area contributed by atoms with Gasteiger partial charge < -0.3 is 10.1 Å². The lowest BCUT2D eigenvalue weighted by atomic mass is 10.3. The molecule has 0 aliphatic heterocycles. The molecule has 10 heteroatoms. The Hall–Kier alpha value is -2.39. The molecule has 3 rings (SSSR count). The fraction of sp³-hybridized carbons (Fsp3) is 0.0952. The maximum absolute atomic E-state index is 12.6. The molecule has 0 radical (unpaired) electrons. The number of hydrogen-bond donors (Lipinski definition) is 2. The normalized spacial score (nSPS) is 11.1. The Morgan fingerprint density at radius 3 is 2.26 bits per heavy atom. The molecule has 0 heterocycles. The van der Waals surface area contributed by atoms with E-state index in [2.05, 4.69) is 10.0 Å². The van der Waals surface area contributed by atoms with Crippen LogP contribution in [0.25, 0.3) is 0 Å². The monoisotopic (exact) mass is 496 g/mol. The number of thioether (sulfide) groups is 1. The minimum Gasteiger partial charge on any atom is -0.497 e. The van der Waals surface area contributed by atoms with E-state index in [9.17, 15) is 13.2 Å². The van der Waals surface area contributed by atoms with Crippen molar-refractivity contribution in [3.8, 4) is 5.75 Å². The largest absolute Gasteiger partial charge is 0.497 e. The molecule has 0 bridgehead atoms. The number of carbonyl (C=O) groups is 1. The number of benzene rings is 3. The molecule has 0 spiro atoms. The molecule has 0 saturated heterocycles. The number of methoxy groups -OCH3 is 1. The van der Waals surface area contributed by atoms with E-state index in [1.165, 1.54) is 43.1 Å². The fourth-order valence-corrected chi connectivity index (χ4v) is 4.87.